The molecule has 0 aliphatic carbocycles. The maximum atomic E-state index is 13.7. The summed E-state index contributed by atoms with van der Waals surface area (Å²) >= 11 is 12.8. The third-order valence-electron chi connectivity index (χ3n) is 11.3. The van der Waals surface area contributed by atoms with Crippen molar-refractivity contribution < 1.29 is 29.3 Å². The van der Waals surface area contributed by atoms with Crippen LogP contribution in [0.3, 0.4) is 0 Å². The van der Waals surface area contributed by atoms with Gasteiger partial charge in [0, 0.05) is 73.4 Å². The van der Waals surface area contributed by atoms with Gasteiger partial charge in [-0.2, -0.15) is 0 Å². The summed E-state index contributed by atoms with van der Waals surface area (Å²) in [7, 11) is 1.94. The van der Waals surface area contributed by atoms with Crippen LogP contribution >= 0.6 is 23.2 Å². The Kier molecular flexibility index (Phi) is 14.7. The first-order valence-electron chi connectivity index (χ1n) is 21.7. The zero-order valence-electron chi connectivity index (χ0n) is 37.5. The van der Waals surface area contributed by atoms with Crippen molar-refractivity contribution in [3.63, 3.8) is 0 Å². The zero-order chi connectivity index (χ0) is 47.2. The zero-order valence-corrected chi connectivity index (χ0v) is 39.0. The molecule has 6 N–H and O–H groups in total. The molecular formula is C47H53Cl2N11O6. The maximum absolute atomic E-state index is 13.7. The summed E-state index contributed by atoms with van der Waals surface area (Å²) in [6.45, 7) is 10.7. The van der Waals surface area contributed by atoms with E-state index in [1.807, 2.05) is 57.8 Å². The van der Waals surface area contributed by atoms with Gasteiger partial charge in [-0.15, -0.1) is 10.2 Å². The first-order valence-corrected chi connectivity index (χ1v) is 22.4. The van der Waals surface area contributed by atoms with Crippen molar-refractivity contribution in [1.82, 2.24) is 45.2 Å². The SMILES string of the molecule is CCNC(=O)c1nnc(-c2cc(C(C)C)c(O)cc2O)n1-c1ccc(N(C)C2CCN(C(=O)OC[C@@H](NC(=O)c3cc(-c4cc(NC(C)C)ncc4Cl)c[nH]3)c3cccc(Cl)c3)CC2)nc1. The molecule has 7 rings (SSSR count). The Hall–Kier alpha value is -6.85. The Morgan fingerprint density at radius 2 is 1.70 bits per heavy atom. The smallest absolute Gasteiger partial charge is 0.409 e. The van der Waals surface area contributed by atoms with Crippen molar-refractivity contribution in [3.05, 3.63) is 112 Å². The molecule has 0 radical (unpaired) electrons. The molecule has 6 aromatic rings. The van der Waals surface area contributed by atoms with E-state index in [4.69, 9.17) is 32.9 Å². The highest BCUT2D eigenvalue weighted by Gasteiger charge is 2.29. The summed E-state index contributed by atoms with van der Waals surface area (Å²) in [6, 6.07) is 16.6. The number of carbonyl (C=O) groups is 3. The molecule has 0 unspecified atom stereocenters. The number of likely N-dealkylation sites (tertiary alicyclic amines) is 1. The van der Waals surface area contributed by atoms with Crippen LogP contribution in [-0.4, -0.2) is 108 Å². The topological polar surface area (TPSA) is 216 Å². The van der Waals surface area contributed by atoms with Gasteiger partial charge in [0.1, 0.15) is 35.4 Å². The summed E-state index contributed by atoms with van der Waals surface area (Å²) in [6.07, 6.45) is 5.62. The largest absolute Gasteiger partial charge is 0.508 e. The number of hydrogen-bond acceptors (Lipinski definition) is 12. The van der Waals surface area contributed by atoms with Gasteiger partial charge in [-0.05, 0) is 93.1 Å². The summed E-state index contributed by atoms with van der Waals surface area (Å²) in [5.41, 5.74) is 3.73. The van der Waals surface area contributed by atoms with E-state index in [0.29, 0.717) is 87.7 Å². The van der Waals surface area contributed by atoms with Crippen molar-refractivity contribution in [2.24, 2.45) is 0 Å². The van der Waals surface area contributed by atoms with Gasteiger partial charge in [0.2, 0.25) is 5.82 Å². The molecule has 17 nitrogen and oxygen atoms in total. The number of phenolic OH excluding ortho intramolecular Hbond substituents is 2. The van der Waals surface area contributed by atoms with Crippen LogP contribution in [-0.2, 0) is 4.74 Å². The van der Waals surface area contributed by atoms with Crippen molar-refractivity contribution >= 4 is 52.7 Å². The minimum atomic E-state index is -0.716. The van der Waals surface area contributed by atoms with Crippen molar-refractivity contribution in [2.75, 3.05) is 43.5 Å². The third-order valence-corrected chi connectivity index (χ3v) is 11.8. The van der Waals surface area contributed by atoms with Crippen LogP contribution in [0.1, 0.15) is 91.7 Å². The lowest BCUT2D eigenvalue weighted by Crippen LogP contribution is -2.46. The summed E-state index contributed by atoms with van der Waals surface area (Å²) in [5, 5.41) is 39.8. The number of pyridine rings is 2. The Labute approximate surface area is 392 Å². The quantitative estimate of drug-likeness (QED) is 0.0573. The molecule has 1 saturated heterocycles. The van der Waals surface area contributed by atoms with Gasteiger partial charge in [-0.3, -0.25) is 14.2 Å². The first kappa shape index (κ1) is 47.1. The van der Waals surface area contributed by atoms with Gasteiger partial charge in [0.25, 0.3) is 11.8 Å². The number of phenols is 2. The molecule has 0 saturated carbocycles. The average Bonchev–Trinajstić information content (AvgIpc) is 3.97. The Balaban J connectivity index is 0.997. The summed E-state index contributed by atoms with van der Waals surface area (Å²) in [4.78, 5) is 56.1. The van der Waals surface area contributed by atoms with Gasteiger partial charge in [0.05, 0.1) is 28.5 Å². The number of rotatable bonds is 15. The number of piperidine rings is 1. The highest BCUT2D eigenvalue weighted by atomic mass is 35.5. The molecule has 1 aliphatic heterocycles. The Bertz CT molecular complexity index is 2700. The molecule has 5 heterocycles. The van der Waals surface area contributed by atoms with Gasteiger partial charge in [-0.25, -0.2) is 14.8 Å². The lowest BCUT2D eigenvalue weighted by Gasteiger charge is -2.37. The second-order valence-electron chi connectivity index (χ2n) is 16.6. The third kappa shape index (κ3) is 10.6. The molecule has 0 bridgehead atoms. The van der Waals surface area contributed by atoms with Crippen LogP contribution in [0.25, 0.3) is 28.2 Å². The normalized spacial score (nSPS) is 13.5. The number of aromatic amines is 1. The summed E-state index contributed by atoms with van der Waals surface area (Å²) in [5.74, 6) is 0.326. The molecule has 2 aromatic carbocycles. The van der Waals surface area contributed by atoms with Crippen LogP contribution in [0.15, 0.2) is 79.3 Å². The second kappa shape index (κ2) is 20.5. The molecule has 66 heavy (non-hydrogen) atoms. The molecule has 4 aromatic heterocycles. The predicted octanol–water partition coefficient (Wildman–Crippen LogP) is 8.34. The summed E-state index contributed by atoms with van der Waals surface area (Å²) < 4.78 is 7.38. The molecule has 3 amide bonds. The van der Waals surface area contributed by atoms with Crippen LogP contribution in [0.4, 0.5) is 16.4 Å². The number of aromatic nitrogens is 6. The number of ether oxygens (including phenoxy) is 1. The van der Waals surface area contributed by atoms with E-state index < -0.39 is 23.9 Å². The lowest BCUT2D eigenvalue weighted by atomic mass is 9.98. The predicted molar refractivity (Wildman–Crippen MR) is 254 cm³/mol. The van der Waals surface area contributed by atoms with E-state index in [1.165, 1.54) is 10.6 Å². The van der Waals surface area contributed by atoms with Gasteiger partial charge < -0.3 is 45.7 Å². The first-order chi connectivity index (χ1) is 31.6. The highest BCUT2D eigenvalue weighted by molar-refractivity contribution is 6.33. The second-order valence-corrected chi connectivity index (χ2v) is 17.5. The number of H-pyrrole nitrogens is 1. The number of benzene rings is 2. The van der Waals surface area contributed by atoms with Crippen LogP contribution in [0.2, 0.25) is 10.0 Å². The number of nitrogens with one attached hydrogen (secondary N) is 4. The van der Waals surface area contributed by atoms with Gasteiger partial charge in [-0.1, -0.05) is 49.2 Å². The molecular weight excluding hydrogens is 885 g/mol. The van der Waals surface area contributed by atoms with E-state index in [9.17, 15) is 24.6 Å². The standard InChI is InChI=1S/C47H53Cl2N11O6/c1-7-50-46(64)44-57-56-43(35-19-33(26(2)3)39(61)21-40(35)62)60(44)32-11-12-42(53-23-32)58(6)31-13-15-59(16-14-31)47(65)66-25-38(28-9-8-10-30(48)17-28)55-45(63)37-18-29(22-51-37)34-20-41(54-27(4)5)52-24-36(34)49/h8-12,17-24,26-27,31,38,51,61-62H,7,13-16,25H2,1-6H3,(H,50,64)(H,52,54)(H,55,63)/t38-/m1/s1. The van der Waals surface area contributed by atoms with E-state index in [2.05, 4.69) is 36.1 Å². The minimum Gasteiger partial charge on any atom is -0.508 e. The number of hydrogen-bond donors (Lipinski definition) is 6. The average molecular weight is 939 g/mol. The molecule has 346 valence electrons. The van der Waals surface area contributed by atoms with E-state index >= 15 is 0 Å². The number of carbonyl (C=O) groups excluding carboxylic acids is 3. The molecule has 1 fully saturated rings. The monoisotopic (exact) mass is 937 g/mol. The van der Waals surface area contributed by atoms with E-state index in [1.54, 1.807) is 66.8 Å². The fourth-order valence-corrected chi connectivity index (χ4v) is 8.22. The number of anilines is 2. The maximum Gasteiger partial charge on any atom is 0.409 e. The fourth-order valence-electron chi connectivity index (χ4n) is 7.81. The molecule has 0 spiro atoms. The number of amides is 3. The van der Waals surface area contributed by atoms with Crippen molar-refractivity contribution in [2.45, 2.75) is 71.5 Å². The van der Waals surface area contributed by atoms with Crippen molar-refractivity contribution in [3.8, 4) is 39.7 Å². The molecule has 1 atom stereocenters. The highest BCUT2D eigenvalue weighted by Crippen LogP contribution is 2.38. The van der Waals surface area contributed by atoms with Crippen LogP contribution < -0.4 is 20.9 Å². The minimum absolute atomic E-state index is 0.00398. The van der Waals surface area contributed by atoms with Gasteiger partial charge >= 0.3 is 6.09 Å². The molecule has 1 aliphatic rings. The van der Waals surface area contributed by atoms with Crippen LogP contribution in [0, 0.1) is 0 Å². The van der Waals surface area contributed by atoms with Gasteiger partial charge in [0.15, 0.2) is 5.82 Å². The van der Waals surface area contributed by atoms with Crippen LogP contribution in [0.5, 0.6) is 11.5 Å². The number of aromatic hydroxyl groups is 2. The molecule has 19 heteroatoms. The number of halogens is 2. The Morgan fingerprint density at radius 3 is 2.38 bits per heavy atom. The number of nitrogens with zero attached hydrogens (tertiary/aromatic N) is 7. The lowest BCUT2D eigenvalue weighted by molar-refractivity contribution is 0.0765. The van der Waals surface area contributed by atoms with Crippen molar-refractivity contribution in [1.29, 1.82) is 0 Å². The Morgan fingerprint density at radius 1 is 0.924 bits per heavy atom. The fraction of sp³-hybridized carbons (Fsp3) is 0.340. The van der Waals surface area contributed by atoms with E-state index in [-0.39, 0.29) is 53.5 Å². The van der Waals surface area contributed by atoms with E-state index in [0.717, 1.165) is 0 Å².